The number of rotatable bonds is 18. The van der Waals surface area contributed by atoms with Gasteiger partial charge in [-0.2, -0.15) is 0 Å². The van der Waals surface area contributed by atoms with Crippen LogP contribution in [-0.4, -0.2) is 127 Å². The van der Waals surface area contributed by atoms with Crippen LogP contribution in [0.25, 0.3) is 0 Å². The summed E-state index contributed by atoms with van der Waals surface area (Å²) in [6, 6.07) is -4.86. The van der Waals surface area contributed by atoms with Gasteiger partial charge in [0.25, 0.3) is 0 Å². The molecule has 0 bridgehead atoms. The van der Waals surface area contributed by atoms with Gasteiger partial charge in [0.1, 0.15) is 18.7 Å². The fourth-order valence-corrected chi connectivity index (χ4v) is 2.95. The predicted octanol–water partition coefficient (Wildman–Crippen LogP) is -1.99. The quantitative estimate of drug-likeness (QED) is 0.0896. The second-order valence-corrected chi connectivity index (χ2v) is 7.22. The number of carboxylic acids is 5. The molecule has 192 valence electrons. The Labute approximate surface area is 193 Å². The van der Waals surface area contributed by atoms with Crippen molar-refractivity contribution in [1.82, 2.24) is 9.80 Å². The van der Waals surface area contributed by atoms with Crippen LogP contribution in [0.15, 0.2) is 12.2 Å². The van der Waals surface area contributed by atoms with Gasteiger partial charge in [0.15, 0.2) is 0 Å². The molecule has 0 aliphatic carbocycles. The van der Waals surface area contributed by atoms with E-state index < -0.39 is 99.6 Å². The summed E-state index contributed by atoms with van der Waals surface area (Å²) in [5.41, 5.74) is -0.00540. The highest BCUT2D eigenvalue weighted by atomic mass is 16.5. The van der Waals surface area contributed by atoms with Gasteiger partial charge in [-0.1, -0.05) is 6.58 Å². The first-order valence-electron chi connectivity index (χ1n) is 9.75. The Balaban J connectivity index is 6.05. The second kappa shape index (κ2) is 14.6. The summed E-state index contributed by atoms with van der Waals surface area (Å²) in [6.45, 7) is 1.30. The molecule has 0 aromatic rings. The van der Waals surface area contributed by atoms with E-state index in [0.29, 0.717) is 0 Å². The van der Waals surface area contributed by atoms with E-state index in [1.54, 1.807) is 0 Å². The Kier molecular flexibility index (Phi) is 13.0. The predicted molar refractivity (Wildman–Crippen MR) is 110 cm³/mol. The highest BCUT2D eigenvalue weighted by Crippen LogP contribution is 2.14. The zero-order valence-corrected chi connectivity index (χ0v) is 18.3. The maximum atomic E-state index is 11.8. The SMILES string of the molecule is C=C(C)C(=O)OCC(CO)N(CCN(CC(=O)O)C(CC(=O)O)C(=O)O)C(CC(=O)O)C(=O)O. The maximum Gasteiger partial charge on any atom is 0.333 e. The van der Waals surface area contributed by atoms with E-state index in [4.69, 9.17) is 20.1 Å². The minimum Gasteiger partial charge on any atom is -0.481 e. The third-order valence-electron chi connectivity index (χ3n) is 4.57. The molecule has 0 aromatic heterocycles. The molecule has 15 heteroatoms. The number of hydrogen-bond donors (Lipinski definition) is 6. The molecule has 0 heterocycles. The molecule has 0 aromatic carbocycles. The van der Waals surface area contributed by atoms with Crippen LogP contribution in [0.4, 0.5) is 0 Å². The summed E-state index contributed by atoms with van der Waals surface area (Å²) in [7, 11) is 0. The fourth-order valence-electron chi connectivity index (χ4n) is 2.95. The van der Waals surface area contributed by atoms with Crippen LogP contribution in [0.2, 0.25) is 0 Å². The number of hydrogen-bond acceptors (Lipinski definition) is 10. The number of nitrogens with zero attached hydrogens (tertiary/aromatic N) is 2. The number of carbonyl (C=O) groups excluding carboxylic acids is 1. The van der Waals surface area contributed by atoms with Crippen LogP contribution >= 0.6 is 0 Å². The van der Waals surface area contributed by atoms with Crippen LogP contribution in [0.3, 0.4) is 0 Å². The van der Waals surface area contributed by atoms with Gasteiger partial charge in [-0.05, 0) is 6.92 Å². The molecule has 3 atom stereocenters. The van der Waals surface area contributed by atoms with E-state index in [1.807, 2.05) is 0 Å². The number of esters is 1. The van der Waals surface area contributed by atoms with Gasteiger partial charge in [0.05, 0.1) is 32.0 Å². The standard InChI is InChI=1S/C19H28N2O13/c1-10(2)19(33)34-9-11(8-22)21(13(18(31)32)6-15(25)26)4-3-20(7-16(27)28)12(17(29)30)5-14(23)24/h11-13,22H,1,3-9H2,2H3,(H,23,24)(H,25,26)(H,27,28)(H,29,30)(H,31,32). The summed E-state index contributed by atoms with van der Waals surface area (Å²) in [5.74, 6) is -8.71. The molecule has 0 amide bonds. The molecule has 0 spiro atoms. The number of carboxylic acid groups (broad SMARTS) is 5. The second-order valence-electron chi connectivity index (χ2n) is 7.22. The highest BCUT2D eigenvalue weighted by Gasteiger charge is 2.36. The number of aliphatic carboxylic acids is 5. The Hall–Kier alpha value is -3.56. The van der Waals surface area contributed by atoms with E-state index in [2.05, 4.69) is 6.58 Å². The van der Waals surface area contributed by atoms with E-state index in [9.17, 15) is 44.1 Å². The lowest BCUT2D eigenvalue weighted by atomic mass is 10.1. The van der Waals surface area contributed by atoms with Crippen molar-refractivity contribution < 1.29 is 64.1 Å². The Bertz CT molecular complexity index is 797. The van der Waals surface area contributed by atoms with E-state index in [1.165, 1.54) is 6.92 Å². The Morgan fingerprint density at radius 1 is 0.824 bits per heavy atom. The molecule has 0 fully saturated rings. The smallest absolute Gasteiger partial charge is 0.333 e. The van der Waals surface area contributed by atoms with Crippen molar-refractivity contribution in [1.29, 1.82) is 0 Å². The summed E-state index contributed by atoms with van der Waals surface area (Å²) in [5, 5.41) is 55.8. The van der Waals surface area contributed by atoms with Crippen molar-refractivity contribution in [2.24, 2.45) is 0 Å². The zero-order chi connectivity index (χ0) is 26.6. The van der Waals surface area contributed by atoms with Gasteiger partial charge in [-0.3, -0.25) is 33.8 Å². The van der Waals surface area contributed by atoms with Crippen LogP contribution in [-0.2, 0) is 33.5 Å². The molecule has 0 aliphatic heterocycles. The molecule has 34 heavy (non-hydrogen) atoms. The van der Waals surface area contributed by atoms with Crippen molar-refractivity contribution in [2.45, 2.75) is 37.9 Å². The third kappa shape index (κ3) is 10.8. The van der Waals surface area contributed by atoms with E-state index >= 15 is 0 Å². The monoisotopic (exact) mass is 492 g/mol. The zero-order valence-electron chi connectivity index (χ0n) is 18.3. The third-order valence-corrected chi connectivity index (χ3v) is 4.57. The molecule has 0 saturated carbocycles. The molecule has 0 aliphatic rings. The van der Waals surface area contributed by atoms with Crippen molar-refractivity contribution in [3.8, 4) is 0 Å². The molecular formula is C19H28N2O13. The summed E-state index contributed by atoms with van der Waals surface area (Å²) < 4.78 is 4.92. The average Bonchev–Trinajstić information content (AvgIpc) is 2.70. The van der Waals surface area contributed by atoms with E-state index in [-0.39, 0.29) is 5.57 Å². The van der Waals surface area contributed by atoms with Crippen molar-refractivity contribution in [3.63, 3.8) is 0 Å². The van der Waals surface area contributed by atoms with Gasteiger partial charge >= 0.3 is 35.8 Å². The lowest BCUT2D eigenvalue weighted by molar-refractivity contribution is -0.155. The maximum absolute atomic E-state index is 11.8. The van der Waals surface area contributed by atoms with Crippen LogP contribution in [0.5, 0.6) is 0 Å². The minimum atomic E-state index is -1.80. The van der Waals surface area contributed by atoms with Crippen molar-refractivity contribution >= 4 is 35.8 Å². The van der Waals surface area contributed by atoms with Gasteiger partial charge in [0, 0.05) is 18.7 Å². The first-order valence-corrected chi connectivity index (χ1v) is 9.75. The van der Waals surface area contributed by atoms with Gasteiger partial charge in [0.2, 0.25) is 0 Å². The first-order chi connectivity index (χ1) is 15.7. The lowest BCUT2D eigenvalue weighted by Crippen LogP contribution is -2.55. The van der Waals surface area contributed by atoms with Crippen molar-refractivity contribution in [2.75, 3.05) is 32.8 Å². The lowest BCUT2D eigenvalue weighted by Gasteiger charge is -2.36. The molecule has 6 N–H and O–H groups in total. The van der Waals surface area contributed by atoms with Gasteiger partial charge in [-0.25, -0.2) is 4.79 Å². The number of carbonyl (C=O) groups is 6. The van der Waals surface area contributed by atoms with Crippen LogP contribution < -0.4 is 0 Å². The molecule has 0 saturated heterocycles. The highest BCUT2D eigenvalue weighted by molar-refractivity contribution is 5.87. The topological polar surface area (TPSA) is 240 Å². The Morgan fingerprint density at radius 3 is 1.71 bits per heavy atom. The molecular weight excluding hydrogens is 464 g/mol. The number of ether oxygens (including phenoxy) is 1. The summed E-state index contributed by atoms with van der Waals surface area (Å²) in [4.78, 5) is 70.1. The molecule has 15 nitrogen and oxygen atoms in total. The molecule has 0 rings (SSSR count). The summed E-state index contributed by atoms with van der Waals surface area (Å²) >= 11 is 0. The fraction of sp³-hybridized carbons (Fsp3) is 0.579. The number of aliphatic hydroxyl groups is 1. The van der Waals surface area contributed by atoms with E-state index in [0.717, 1.165) is 9.80 Å². The van der Waals surface area contributed by atoms with Gasteiger partial charge in [-0.15, -0.1) is 0 Å². The Morgan fingerprint density at radius 2 is 1.32 bits per heavy atom. The summed E-state index contributed by atoms with van der Waals surface area (Å²) in [6.07, 6.45) is -1.93. The van der Waals surface area contributed by atoms with Gasteiger partial charge < -0.3 is 35.4 Å². The van der Waals surface area contributed by atoms with Crippen molar-refractivity contribution in [3.05, 3.63) is 12.2 Å². The first kappa shape index (κ1) is 30.4. The molecule has 0 radical (unpaired) electrons. The van der Waals surface area contributed by atoms with Crippen LogP contribution in [0, 0.1) is 0 Å². The minimum absolute atomic E-state index is 0.00540. The number of aliphatic hydroxyl groups excluding tert-OH is 1. The average molecular weight is 492 g/mol. The normalized spacial score (nSPS) is 13.6. The van der Waals surface area contributed by atoms with Crippen LogP contribution in [0.1, 0.15) is 19.8 Å². The molecule has 3 unspecified atom stereocenters. The largest absolute Gasteiger partial charge is 0.481 e.